The minimum Gasteiger partial charge on any atom is -0.388 e. The van der Waals surface area contributed by atoms with Gasteiger partial charge >= 0.3 is 0 Å². The Hall–Kier alpha value is -0.380. The molecule has 17 heavy (non-hydrogen) atoms. The molecule has 1 N–H and O–H groups in total. The maximum Gasteiger partial charge on any atom is 0.0802 e. The predicted octanol–water partition coefficient (Wildman–Crippen LogP) is 3.21. The van der Waals surface area contributed by atoms with E-state index in [1.807, 2.05) is 24.3 Å². The summed E-state index contributed by atoms with van der Waals surface area (Å²) >= 11 is 3.40. The van der Waals surface area contributed by atoms with E-state index in [0.29, 0.717) is 0 Å². The molecule has 1 atom stereocenters. The van der Waals surface area contributed by atoms with Gasteiger partial charge in [0.15, 0.2) is 0 Å². The number of hydrogen-bond acceptors (Lipinski definition) is 2. The molecule has 0 aromatic heterocycles. The lowest BCUT2D eigenvalue weighted by atomic mass is 10.1. The Kier molecular flexibility index (Phi) is 4.60. The molecule has 2 rings (SSSR count). The van der Waals surface area contributed by atoms with Crippen molar-refractivity contribution in [1.82, 2.24) is 4.90 Å². The first-order valence-corrected chi connectivity index (χ1v) is 7.06. The number of rotatable bonds is 6. The third kappa shape index (κ3) is 4.41. The van der Waals surface area contributed by atoms with Gasteiger partial charge in [-0.25, -0.2) is 0 Å². The maximum atomic E-state index is 10.1. The molecule has 1 aromatic rings. The van der Waals surface area contributed by atoms with Crippen LogP contribution in [0.3, 0.4) is 0 Å². The van der Waals surface area contributed by atoms with E-state index in [9.17, 15) is 5.11 Å². The summed E-state index contributed by atoms with van der Waals surface area (Å²) in [5, 5.41) is 10.1. The summed E-state index contributed by atoms with van der Waals surface area (Å²) in [6.45, 7) is 2.15. The average Bonchev–Trinajstić information content (AvgIpc) is 3.11. The molecule has 1 aliphatic carbocycles. The van der Waals surface area contributed by atoms with Crippen molar-refractivity contribution in [2.24, 2.45) is 5.92 Å². The van der Waals surface area contributed by atoms with Gasteiger partial charge in [0.25, 0.3) is 0 Å². The van der Waals surface area contributed by atoms with Crippen LogP contribution in [-0.4, -0.2) is 30.1 Å². The molecule has 3 heteroatoms. The van der Waals surface area contributed by atoms with Crippen molar-refractivity contribution in [3.05, 3.63) is 34.3 Å². The van der Waals surface area contributed by atoms with Crippen molar-refractivity contribution in [3.8, 4) is 0 Å². The second-order valence-electron chi connectivity index (χ2n) is 5.06. The zero-order valence-corrected chi connectivity index (χ0v) is 11.9. The van der Waals surface area contributed by atoms with Gasteiger partial charge < -0.3 is 10.0 Å². The van der Waals surface area contributed by atoms with Crippen molar-refractivity contribution in [2.45, 2.75) is 25.4 Å². The summed E-state index contributed by atoms with van der Waals surface area (Å²) in [7, 11) is 2.15. The SMILES string of the molecule is CN(CCC(O)c1ccc(Br)cc1)CC1CC1. The summed E-state index contributed by atoms with van der Waals surface area (Å²) in [6, 6.07) is 7.92. The van der Waals surface area contributed by atoms with Crippen LogP contribution in [0.15, 0.2) is 28.7 Å². The fourth-order valence-corrected chi connectivity index (χ4v) is 2.29. The zero-order valence-electron chi connectivity index (χ0n) is 10.3. The molecule has 1 unspecified atom stereocenters. The van der Waals surface area contributed by atoms with Crippen LogP contribution in [0.1, 0.15) is 30.9 Å². The summed E-state index contributed by atoms with van der Waals surface area (Å²) in [6.07, 6.45) is 3.24. The Balaban J connectivity index is 1.75. The van der Waals surface area contributed by atoms with Gasteiger partial charge in [-0.3, -0.25) is 0 Å². The van der Waals surface area contributed by atoms with Gasteiger partial charge in [-0.05, 0) is 49.9 Å². The van der Waals surface area contributed by atoms with E-state index in [0.717, 1.165) is 28.9 Å². The first-order valence-electron chi connectivity index (χ1n) is 6.27. The van der Waals surface area contributed by atoms with Crippen molar-refractivity contribution in [1.29, 1.82) is 0 Å². The van der Waals surface area contributed by atoms with E-state index in [-0.39, 0.29) is 6.10 Å². The highest BCUT2D eigenvalue weighted by molar-refractivity contribution is 9.10. The van der Waals surface area contributed by atoms with E-state index in [1.165, 1.54) is 19.4 Å². The van der Waals surface area contributed by atoms with Gasteiger partial charge in [-0.2, -0.15) is 0 Å². The van der Waals surface area contributed by atoms with E-state index < -0.39 is 0 Å². The summed E-state index contributed by atoms with van der Waals surface area (Å²) < 4.78 is 1.05. The smallest absolute Gasteiger partial charge is 0.0802 e. The summed E-state index contributed by atoms with van der Waals surface area (Å²) in [5.41, 5.74) is 1.01. The van der Waals surface area contributed by atoms with Crippen LogP contribution in [0.25, 0.3) is 0 Å². The van der Waals surface area contributed by atoms with Crippen LogP contribution < -0.4 is 0 Å². The third-order valence-corrected chi connectivity index (χ3v) is 3.83. The van der Waals surface area contributed by atoms with Crippen LogP contribution in [0.4, 0.5) is 0 Å². The lowest BCUT2D eigenvalue weighted by Crippen LogP contribution is -2.23. The highest BCUT2D eigenvalue weighted by atomic mass is 79.9. The monoisotopic (exact) mass is 297 g/mol. The Morgan fingerprint density at radius 1 is 1.35 bits per heavy atom. The van der Waals surface area contributed by atoms with Gasteiger partial charge in [0.2, 0.25) is 0 Å². The Morgan fingerprint density at radius 2 is 2.00 bits per heavy atom. The molecule has 1 fully saturated rings. The minimum absolute atomic E-state index is 0.343. The van der Waals surface area contributed by atoms with E-state index in [1.54, 1.807) is 0 Å². The quantitative estimate of drug-likeness (QED) is 0.871. The molecule has 94 valence electrons. The fraction of sp³-hybridized carbons (Fsp3) is 0.571. The second-order valence-corrected chi connectivity index (χ2v) is 5.98. The largest absolute Gasteiger partial charge is 0.388 e. The molecule has 0 spiro atoms. The number of aliphatic hydroxyl groups excluding tert-OH is 1. The van der Waals surface area contributed by atoms with E-state index >= 15 is 0 Å². The first-order chi connectivity index (χ1) is 8.15. The topological polar surface area (TPSA) is 23.5 Å². The van der Waals surface area contributed by atoms with Gasteiger partial charge in [-0.1, -0.05) is 28.1 Å². The molecule has 0 saturated heterocycles. The molecule has 0 heterocycles. The number of halogens is 1. The summed E-state index contributed by atoms with van der Waals surface area (Å²) in [4.78, 5) is 2.33. The number of hydrogen-bond donors (Lipinski definition) is 1. The van der Waals surface area contributed by atoms with Crippen molar-refractivity contribution in [3.63, 3.8) is 0 Å². The van der Waals surface area contributed by atoms with Crippen molar-refractivity contribution >= 4 is 15.9 Å². The highest BCUT2D eigenvalue weighted by Crippen LogP contribution is 2.29. The maximum absolute atomic E-state index is 10.1. The Bertz CT molecular complexity index is 348. The molecule has 2 nitrogen and oxygen atoms in total. The lowest BCUT2D eigenvalue weighted by Gasteiger charge is -2.18. The molecular weight excluding hydrogens is 278 g/mol. The van der Waals surface area contributed by atoms with Crippen LogP contribution in [-0.2, 0) is 0 Å². The van der Waals surface area contributed by atoms with Gasteiger partial charge in [0, 0.05) is 17.6 Å². The predicted molar refractivity (Wildman–Crippen MR) is 73.9 cm³/mol. The minimum atomic E-state index is -0.343. The van der Waals surface area contributed by atoms with Gasteiger partial charge in [0.1, 0.15) is 0 Å². The lowest BCUT2D eigenvalue weighted by molar-refractivity contribution is 0.148. The molecule has 0 bridgehead atoms. The van der Waals surface area contributed by atoms with Crippen LogP contribution in [0.2, 0.25) is 0 Å². The molecule has 1 saturated carbocycles. The average molecular weight is 298 g/mol. The van der Waals surface area contributed by atoms with Crippen molar-refractivity contribution in [2.75, 3.05) is 20.1 Å². The summed E-state index contributed by atoms with van der Waals surface area (Å²) in [5.74, 6) is 0.921. The Labute approximate surface area is 112 Å². The van der Waals surface area contributed by atoms with E-state index in [2.05, 4.69) is 27.9 Å². The third-order valence-electron chi connectivity index (χ3n) is 3.31. The van der Waals surface area contributed by atoms with Crippen LogP contribution >= 0.6 is 15.9 Å². The number of benzene rings is 1. The van der Waals surface area contributed by atoms with Crippen LogP contribution in [0.5, 0.6) is 0 Å². The fourth-order valence-electron chi connectivity index (χ4n) is 2.03. The standard InChI is InChI=1S/C14H20BrNO/c1-16(10-11-2-3-11)9-8-14(17)12-4-6-13(15)7-5-12/h4-7,11,14,17H,2-3,8-10H2,1H3. The second kappa shape index (κ2) is 5.98. The molecule has 1 aliphatic rings. The molecule has 0 aliphatic heterocycles. The van der Waals surface area contributed by atoms with Crippen LogP contribution in [0, 0.1) is 5.92 Å². The number of aliphatic hydroxyl groups is 1. The molecular formula is C14H20BrNO. The number of nitrogens with zero attached hydrogens (tertiary/aromatic N) is 1. The van der Waals surface area contributed by atoms with E-state index in [4.69, 9.17) is 0 Å². The zero-order chi connectivity index (χ0) is 12.3. The molecule has 0 radical (unpaired) electrons. The van der Waals surface area contributed by atoms with Gasteiger partial charge in [0.05, 0.1) is 6.10 Å². The normalized spacial score (nSPS) is 17.4. The van der Waals surface area contributed by atoms with Gasteiger partial charge in [-0.15, -0.1) is 0 Å². The highest BCUT2D eigenvalue weighted by Gasteiger charge is 2.22. The Morgan fingerprint density at radius 3 is 2.59 bits per heavy atom. The first kappa shape index (κ1) is 13.1. The molecule has 0 amide bonds. The molecule has 1 aromatic carbocycles. The van der Waals surface area contributed by atoms with Crippen molar-refractivity contribution < 1.29 is 5.11 Å².